The molecule has 0 atom stereocenters. The molecule has 206 valence electrons. The van der Waals surface area contributed by atoms with Crippen molar-refractivity contribution in [2.24, 2.45) is 5.41 Å². The van der Waals surface area contributed by atoms with Crippen LogP contribution in [0.2, 0.25) is 0 Å². The maximum Gasteiger partial charge on any atom is 0.236 e. The molecule has 1 saturated heterocycles. The minimum atomic E-state index is 0.313. The average molecular weight is 518 g/mol. The molecule has 1 spiro atoms. The lowest BCUT2D eigenvalue weighted by Crippen LogP contribution is -2.51. The molecule has 0 bridgehead atoms. The zero-order valence-electron chi connectivity index (χ0n) is 23.5. The Morgan fingerprint density at radius 1 is 0.842 bits per heavy atom. The monoisotopic (exact) mass is 517 g/mol. The van der Waals surface area contributed by atoms with Crippen molar-refractivity contribution in [2.75, 3.05) is 52.4 Å². The van der Waals surface area contributed by atoms with Gasteiger partial charge in [0.1, 0.15) is 12.4 Å². The standard InChI is InChI=1S/C33H47N3O2/c1-2-3-19-34-23-24-38-31-14-7-6-11-29(31)12-8-9-16-33(27-34)17-21-36(22-18-33)32(37)26-35-20-15-28-10-4-5-13-30(28)25-35/h4-7,10-11,13-14H,2-3,8-9,12,15-27H2,1H3. The van der Waals surface area contributed by atoms with Crippen molar-refractivity contribution in [2.45, 2.75) is 71.3 Å². The number of carbonyl (C=O) groups is 1. The summed E-state index contributed by atoms with van der Waals surface area (Å²) in [5, 5.41) is 0. The fraction of sp³-hybridized carbons (Fsp3) is 0.606. The van der Waals surface area contributed by atoms with E-state index in [1.807, 2.05) is 0 Å². The van der Waals surface area contributed by atoms with Crippen LogP contribution < -0.4 is 4.74 Å². The number of unbranched alkanes of at least 4 members (excludes halogenated alkanes) is 1. The predicted octanol–water partition coefficient (Wildman–Crippen LogP) is 5.56. The van der Waals surface area contributed by atoms with Gasteiger partial charge in [-0.15, -0.1) is 0 Å². The molecule has 0 aliphatic carbocycles. The summed E-state index contributed by atoms with van der Waals surface area (Å²) in [6, 6.07) is 17.3. The van der Waals surface area contributed by atoms with Gasteiger partial charge in [-0.05, 0) is 79.7 Å². The highest BCUT2D eigenvalue weighted by molar-refractivity contribution is 5.78. The normalized spacial score (nSPS) is 21.0. The van der Waals surface area contributed by atoms with Crippen molar-refractivity contribution in [1.29, 1.82) is 0 Å². The van der Waals surface area contributed by atoms with Crippen LogP contribution in [0.4, 0.5) is 0 Å². The van der Waals surface area contributed by atoms with Gasteiger partial charge >= 0.3 is 0 Å². The van der Waals surface area contributed by atoms with Crippen LogP contribution in [0.3, 0.4) is 0 Å². The summed E-state index contributed by atoms with van der Waals surface area (Å²) < 4.78 is 6.29. The second-order valence-electron chi connectivity index (χ2n) is 11.9. The number of rotatable bonds is 5. The van der Waals surface area contributed by atoms with E-state index in [1.54, 1.807) is 0 Å². The van der Waals surface area contributed by atoms with Crippen LogP contribution in [0.5, 0.6) is 5.75 Å². The first kappa shape index (κ1) is 27.2. The van der Waals surface area contributed by atoms with E-state index in [1.165, 1.54) is 48.8 Å². The van der Waals surface area contributed by atoms with Crippen molar-refractivity contribution in [3.63, 3.8) is 0 Å². The number of fused-ring (bicyclic) bond motifs is 2. The first-order valence-corrected chi connectivity index (χ1v) is 15.1. The maximum absolute atomic E-state index is 13.3. The van der Waals surface area contributed by atoms with Gasteiger partial charge in [-0.3, -0.25) is 14.6 Å². The molecular formula is C33H47N3O2. The van der Waals surface area contributed by atoms with Gasteiger partial charge in [-0.2, -0.15) is 0 Å². The second kappa shape index (κ2) is 13.1. The highest BCUT2D eigenvalue weighted by atomic mass is 16.5. The van der Waals surface area contributed by atoms with Crippen molar-refractivity contribution < 1.29 is 9.53 Å². The number of para-hydroxylation sites is 1. The summed E-state index contributed by atoms with van der Waals surface area (Å²) in [6.45, 7) is 10.6. The van der Waals surface area contributed by atoms with Gasteiger partial charge in [0.2, 0.25) is 5.91 Å². The average Bonchev–Trinajstić information content (AvgIpc) is 2.94. The number of benzene rings is 2. The summed E-state index contributed by atoms with van der Waals surface area (Å²) in [6.07, 6.45) is 10.6. The largest absolute Gasteiger partial charge is 0.492 e. The van der Waals surface area contributed by atoms with Crippen LogP contribution >= 0.6 is 0 Å². The molecule has 1 amide bonds. The summed E-state index contributed by atoms with van der Waals surface area (Å²) in [4.78, 5) is 20.5. The Labute approximate surface area is 230 Å². The number of hydrogen-bond donors (Lipinski definition) is 0. The zero-order valence-corrected chi connectivity index (χ0v) is 23.5. The van der Waals surface area contributed by atoms with E-state index in [2.05, 4.69) is 70.2 Å². The van der Waals surface area contributed by atoms with E-state index in [0.29, 0.717) is 17.9 Å². The van der Waals surface area contributed by atoms with Gasteiger partial charge in [-0.1, -0.05) is 62.2 Å². The molecule has 0 aromatic heterocycles. The van der Waals surface area contributed by atoms with E-state index in [4.69, 9.17) is 4.74 Å². The molecule has 2 aromatic carbocycles. The summed E-state index contributed by atoms with van der Waals surface area (Å²) in [5.41, 5.74) is 4.49. The number of carbonyl (C=O) groups excluding carboxylic acids is 1. The molecule has 5 rings (SSSR count). The maximum atomic E-state index is 13.3. The van der Waals surface area contributed by atoms with Crippen LogP contribution in [0.25, 0.3) is 0 Å². The van der Waals surface area contributed by atoms with Gasteiger partial charge in [0.15, 0.2) is 0 Å². The fourth-order valence-electron chi connectivity index (χ4n) is 6.78. The van der Waals surface area contributed by atoms with E-state index in [-0.39, 0.29) is 0 Å². The lowest BCUT2D eigenvalue weighted by molar-refractivity contribution is -0.135. The molecule has 2 aromatic rings. The van der Waals surface area contributed by atoms with Gasteiger partial charge in [0.05, 0.1) is 6.54 Å². The summed E-state index contributed by atoms with van der Waals surface area (Å²) >= 11 is 0. The van der Waals surface area contributed by atoms with E-state index in [0.717, 1.165) is 83.9 Å². The van der Waals surface area contributed by atoms with E-state index in [9.17, 15) is 4.79 Å². The first-order valence-electron chi connectivity index (χ1n) is 15.1. The molecule has 0 saturated carbocycles. The van der Waals surface area contributed by atoms with Crippen molar-refractivity contribution >= 4 is 5.91 Å². The minimum Gasteiger partial charge on any atom is -0.492 e. The van der Waals surface area contributed by atoms with Crippen molar-refractivity contribution in [3.8, 4) is 5.75 Å². The third-order valence-electron chi connectivity index (χ3n) is 9.17. The third-order valence-corrected chi connectivity index (χ3v) is 9.17. The highest BCUT2D eigenvalue weighted by Crippen LogP contribution is 2.38. The Bertz CT molecular complexity index is 1050. The molecule has 3 aliphatic heterocycles. The van der Waals surface area contributed by atoms with Crippen LogP contribution in [-0.2, 0) is 24.2 Å². The molecule has 0 unspecified atom stereocenters. The Hall–Kier alpha value is -2.37. The first-order chi connectivity index (χ1) is 18.6. The third kappa shape index (κ3) is 6.98. The molecule has 0 radical (unpaired) electrons. The van der Waals surface area contributed by atoms with Crippen molar-refractivity contribution in [1.82, 2.24) is 14.7 Å². The quantitative estimate of drug-likeness (QED) is 0.520. The molecule has 5 heteroatoms. The molecule has 3 heterocycles. The number of amides is 1. The van der Waals surface area contributed by atoms with Crippen molar-refractivity contribution in [3.05, 3.63) is 65.2 Å². The Morgan fingerprint density at radius 3 is 2.42 bits per heavy atom. The molecule has 0 N–H and O–H groups in total. The summed E-state index contributed by atoms with van der Waals surface area (Å²) in [7, 11) is 0. The molecular weight excluding hydrogens is 470 g/mol. The van der Waals surface area contributed by atoms with Crippen LogP contribution in [0, 0.1) is 5.41 Å². The Morgan fingerprint density at radius 2 is 1.61 bits per heavy atom. The van der Waals surface area contributed by atoms with E-state index < -0.39 is 0 Å². The Balaban J connectivity index is 1.20. The van der Waals surface area contributed by atoms with Crippen LogP contribution in [0.1, 0.15) is 68.6 Å². The highest BCUT2D eigenvalue weighted by Gasteiger charge is 2.37. The second-order valence-corrected chi connectivity index (χ2v) is 11.9. The van der Waals surface area contributed by atoms with Gasteiger partial charge in [0, 0.05) is 39.3 Å². The summed E-state index contributed by atoms with van der Waals surface area (Å²) in [5.74, 6) is 1.39. The number of ether oxygens (including phenoxy) is 1. The lowest BCUT2D eigenvalue weighted by Gasteiger charge is -2.45. The van der Waals surface area contributed by atoms with E-state index >= 15 is 0 Å². The predicted molar refractivity (Wildman–Crippen MR) is 155 cm³/mol. The number of nitrogens with zero attached hydrogens (tertiary/aromatic N) is 3. The SMILES string of the molecule is CCCCN1CCOc2ccccc2CCCCC2(CCN(C(=O)CN3CCc4ccccc4C3)CC2)C1. The van der Waals surface area contributed by atoms with Gasteiger partial charge in [0.25, 0.3) is 0 Å². The smallest absolute Gasteiger partial charge is 0.236 e. The molecule has 38 heavy (non-hydrogen) atoms. The van der Waals surface area contributed by atoms with Gasteiger partial charge in [-0.25, -0.2) is 0 Å². The van der Waals surface area contributed by atoms with Crippen LogP contribution in [0.15, 0.2) is 48.5 Å². The fourth-order valence-corrected chi connectivity index (χ4v) is 6.78. The zero-order chi connectivity index (χ0) is 26.2. The molecule has 5 nitrogen and oxygen atoms in total. The van der Waals surface area contributed by atoms with Crippen LogP contribution in [-0.4, -0.2) is 73.0 Å². The number of likely N-dealkylation sites (tertiary alicyclic amines) is 1. The lowest BCUT2D eigenvalue weighted by atomic mass is 9.73. The van der Waals surface area contributed by atoms with Gasteiger partial charge < -0.3 is 9.64 Å². The number of piperidine rings is 1. The number of aryl methyl sites for hydroxylation is 1. The molecule has 1 fully saturated rings. The topological polar surface area (TPSA) is 36.0 Å². The number of hydrogen-bond acceptors (Lipinski definition) is 4. The molecule has 3 aliphatic rings. The Kier molecular flexibility index (Phi) is 9.40. The minimum absolute atomic E-state index is 0.313.